The van der Waals surface area contributed by atoms with Gasteiger partial charge in [0, 0.05) is 10.0 Å². The van der Waals surface area contributed by atoms with Gasteiger partial charge < -0.3 is 5.73 Å². The first-order chi connectivity index (χ1) is 6.38. The standard InChI is InChI=1S/C12H18BrN/c1-9-4-5-10(11(13)8-9)6-7-12(2,3)14/h4-5,8H,6-7,14H2,1-3H3. The van der Waals surface area contributed by atoms with Gasteiger partial charge in [-0.15, -0.1) is 0 Å². The quantitative estimate of drug-likeness (QED) is 0.880. The number of hydrogen-bond acceptors (Lipinski definition) is 1. The molecule has 2 N–H and O–H groups in total. The first kappa shape index (κ1) is 11.7. The molecule has 14 heavy (non-hydrogen) atoms. The molecule has 78 valence electrons. The van der Waals surface area contributed by atoms with Gasteiger partial charge in [0.2, 0.25) is 0 Å². The molecule has 0 amide bonds. The number of rotatable bonds is 3. The van der Waals surface area contributed by atoms with Crippen LogP contribution in [0.5, 0.6) is 0 Å². The molecule has 0 aromatic heterocycles. The van der Waals surface area contributed by atoms with Crippen LogP contribution in [0.1, 0.15) is 31.4 Å². The fourth-order valence-corrected chi connectivity index (χ4v) is 2.00. The van der Waals surface area contributed by atoms with E-state index in [-0.39, 0.29) is 5.54 Å². The van der Waals surface area contributed by atoms with Crippen molar-refractivity contribution in [2.24, 2.45) is 5.73 Å². The molecule has 1 aromatic rings. The van der Waals surface area contributed by atoms with E-state index in [4.69, 9.17) is 5.73 Å². The van der Waals surface area contributed by atoms with E-state index in [1.54, 1.807) is 0 Å². The van der Waals surface area contributed by atoms with Gasteiger partial charge in [0.1, 0.15) is 0 Å². The first-order valence-electron chi connectivity index (χ1n) is 4.92. The smallest absolute Gasteiger partial charge is 0.0209 e. The first-order valence-corrected chi connectivity index (χ1v) is 5.72. The zero-order valence-electron chi connectivity index (χ0n) is 9.10. The highest BCUT2D eigenvalue weighted by Crippen LogP contribution is 2.21. The van der Waals surface area contributed by atoms with E-state index in [2.05, 4.69) is 54.9 Å². The lowest BCUT2D eigenvalue weighted by Crippen LogP contribution is -2.32. The summed E-state index contributed by atoms with van der Waals surface area (Å²) in [5, 5.41) is 0. The Morgan fingerprint density at radius 2 is 2.00 bits per heavy atom. The molecule has 0 fully saturated rings. The fourth-order valence-electron chi connectivity index (χ4n) is 1.31. The summed E-state index contributed by atoms with van der Waals surface area (Å²) < 4.78 is 1.20. The molecular weight excluding hydrogens is 238 g/mol. The Hall–Kier alpha value is -0.340. The number of aryl methyl sites for hydroxylation is 2. The highest BCUT2D eigenvalue weighted by atomic mass is 79.9. The Bertz CT molecular complexity index is 313. The molecular formula is C12H18BrN. The van der Waals surface area contributed by atoms with Crippen LogP contribution in [0.25, 0.3) is 0 Å². The molecule has 0 aliphatic heterocycles. The number of nitrogens with two attached hydrogens (primary N) is 1. The average molecular weight is 256 g/mol. The van der Waals surface area contributed by atoms with Gasteiger partial charge in [-0.25, -0.2) is 0 Å². The van der Waals surface area contributed by atoms with Crippen LogP contribution >= 0.6 is 15.9 Å². The predicted molar refractivity (Wildman–Crippen MR) is 65.5 cm³/mol. The lowest BCUT2D eigenvalue weighted by atomic mass is 9.96. The molecule has 0 heterocycles. The van der Waals surface area contributed by atoms with Gasteiger partial charge in [0.05, 0.1) is 0 Å². The van der Waals surface area contributed by atoms with E-state index >= 15 is 0 Å². The Morgan fingerprint density at radius 1 is 1.36 bits per heavy atom. The Morgan fingerprint density at radius 3 is 2.50 bits per heavy atom. The van der Waals surface area contributed by atoms with E-state index < -0.39 is 0 Å². The lowest BCUT2D eigenvalue weighted by molar-refractivity contribution is 0.476. The van der Waals surface area contributed by atoms with Gasteiger partial charge in [-0.1, -0.05) is 28.1 Å². The summed E-state index contributed by atoms with van der Waals surface area (Å²) in [5.41, 5.74) is 8.50. The minimum atomic E-state index is -0.0790. The zero-order valence-corrected chi connectivity index (χ0v) is 10.7. The summed E-state index contributed by atoms with van der Waals surface area (Å²) in [6.07, 6.45) is 2.04. The van der Waals surface area contributed by atoms with E-state index in [0.717, 1.165) is 12.8 Å². The van der Waals surface area contributed by atoms with Crippen LogP contribution in [0, 0.1) is 6.92 Å². The number of hydrogen-bond donors (Lipinski definition) is 1. The van der Waals surface area contributed by atoms with Gasteiger partial charge in [-0.2, -0.15) is 0 Å². The van der Waals surface area contributed by atoms with Crippen molar-refractivity contribution in [3.05, 3.63) is 33.8 Å². The van der Waals surface area contributed by atoms with Crippen molar-refractivity contribution in [2.75, 3.05) is 0 Å². The fraction of sp³-hybridized carbons (Fsp3) is 0.500. The third-order valence-corrected chi connectivity index (χ3v) is 2.99. The second-order valence-corrected chi connectivity index (χ2v) is 5.44. The topological polar surface area (TPSA) is 26.0 Å². The minimum absolute atomic E-state index is 0.0790. The molecule has 0 bridgehead atoms. The highest BCUT2D eigenvalue weighted by molar-refractivity contribution is 9.10. The average Bonchev–Trinajstić information content (AvgIpc) is 2.00. The second-order valence-electron chi connectivity index (χ2n) is 4.58. The molecule has 0 saturated carbocycles. The molecule has 0 saturated heterocycles. The van der Waals surface area contributed by atoms with Crippen molar-refractivity contribution in [1.82, 2.24) is 0 Å². The van der Waals surface area contributed by atoms with Crippen LogP contribution in [0.4, 0.5) is 0 Å². The number of halogens is 1. The van der Waals surface area contributed by atoms with Crippen LogP contribution in [0.3, 0.4) is 0 Å². The normalized spacial score (nSPS) is 11.8. The monoisotopic (exact) mass is 255 g/mol. The van der Waals surface area contributed by atoms with Crippen molar-refractivity contribution in [3.8, 4) is 0 Å². The van der Waals surface area contributed by atoms with E-state index in [0.29, 0.717) is 0 Å². The summed E-state index contributed by atoms with van der Waals surface area (Å²) in [4.78, 5) is 0. The maximum atomic E-state index is 5.95. The van der Waals surface area contributed by atoms with Gasteiger partial charge in [-0.3, -0.25) is 0 Å². The Kier molecular flexibility index (Phi) is 3.73. The maximum Gasteiger partial charge on any atom is 0.0209 e. The molecule has 1 nitrogen and oxygen atoms in total. The summed E-state index contributed by atoms with van der Waals surface area (Å²) in [6, 6.07) is 6.47. The molecule has 2 heteroatoms. The lowest BCUT2D eigenvalue weighted by Gasteiger charge is -2.18. The summed E-state index contributed by atoms with van der Waals surface area (Å²) in [6.45, 7) is 6.23. The van der Waals surface area contributed by atoms with Crippen LogP contribution in [0.2, 0.25) is 0 Å². The molecule has 0 aliphatic rings. The van der Waals surface area contributed by atoms with Crippen molar-refractivity contribution in [1.29, 1.82) is 0 Å². The largest absolute Gasteiger partial charge is 0.326 e. The summed E-state index contributed by atoms with van der Waals surface area (Å²) >= 11 is 3.57. The Balaban J connectivity index is 2.68. The summed E-state index contributed by atoms with van der Waals surface area (Å²) in [5.74, 6) is 0. The molecule has 0 radical (unpaired) electrons. The van der Waals surface area contributed by atoms with Gasteiger partial charge in [-0.05, 0) is 50.8 Å². The molecule has 1 rings (SSSR count). The predicted octanol–water partition coefficient (Wildman–Crippen LogP) is 3.43. The maximum absolute atomic E-state index is 5.95. The van der Waals surface area contributed by atoms with E-state index in [1.807, 2.05) is 0 Å². The molecule has 0 unspecified atom stereocenters. The highest BCUT2D eigenvalue weighted by Gasteiger charge is 2.11. The Labute approximate surface area is 94.8 Å². The third kappa shape index (κ3) is 3.81. The molecule has 0 spiro atoms. The van der Waals surface area contributed by atoms with Crippen molar-refractivity contribution < 1.29 is 0 Å². The van der Waals surface area contributed by atoms with Gasteiger partial charge in [0.15, 0.2) is 0 Å². The molecule has 1 aromatic carbocycles. The van der Waals surface area contributed by atoms with Crippen LogP contribution in [0.15, 0.2) is 22.7 Å². The number of benzene rings is 1. The van der Waals surface area contributed by atoms with E-state index in [9.17, 15) is 0 Å². The minimum Gasteiger partial charge on any atom is -0.326 e. The van der Waals surface area contributed by atoms with Crippen LogP contribution in [-0.2, 0) is 6.42 Å². The zero-order chi connectivity index (χ0) is 10.8. The van der Waals surface area contributed by atoms with Crippen LogP contribution in [-0.4, -0.2) is 5.54 Å². The third-order valence-electron chi connectivity index (χ3n) is 2.25. The van der Waals surface area contributed by atoms with Crippen LogP contribution < -0.4 is 5.73 Å². The van der Waals surface area contributed by atoms with Crippen molar-refractivity contribution in [3.63, 3.8) is 0 Å². The second kappa shape index (κ2) is 4.45. The van der Waals surface area contributed by atoms with E-state index in [1.165, 1.54) is 15.6 Å². The summed E-state index contributed by atoms with van der Waals surface area (Å²) in [7, 11) is 0. The molecule has 0 atom stereocenters. The van der Waals surface area contributed by atoms with Gasteiger partial charge in [0.25, 0.3) is 0 Å². The van der Waals surface area contributed by atoms with Crippen molar-refractivity contribution in [2.45, 2.75) is 39.2 Å². The van der Waals surface area contributed by atoms with Crippen molar-refractivity contribution >= 4 is 15.9 Å². The van der Waals surface area contributed by atoms with Gasteiger partial charge >= 0.3 is 0 Å². The SMILES string of the molecule is Cc1ccc(CCC(C)(C)N)c(Br)c1. The molecule has 0 aliphatic carbocycles.